The first-order chi connectivity index (χ1) is 35.2. The number of aromatic nitrogens is 1. The molecule has 14 nitrogen and oxygen atoms in total. The van der Waals surface area contributed by atoms with Crippen molar-refractivity contribution in [1.29, 1.82) is 0 Å². The SMILES string of the molecule is O=C(O)C1=C(COC(=O)N2CCCC2)CS(=O)[C@H]2C(NC(=O)C(=NOc3ccccc3C(c3ccccc3)c3ccccc3)c3csc(NC(c4ccccc4)(c4ccccc4)c4ccccc4)n3)C(=O)N12. The molecule has 0 saturated carbocycles. The second kappa shape index (κ2) is 21.0. The van der Waals surface area contributed by atoms with E-state index in [2.05, 4.69) is 15.8 Å². The number of rotatable bonds is 16. The fourth-order valence-corrected chi connectivity index (χ4v) is 12.1. The summed E-state index contributed by atoms with van der Waals surface area (Å²) >= 11 is 1.23. The molecule has 7 aromatic rings. The van der Waals surface area contributed by atoms with Crippen LogP contribution in [-0.2, 0) is 35.5 Å². The Balaban J connectivity index is 1.01. The lowest BCUT2D eigenvalue weighted by molar-refractivity contribution is -0.150. The van der Waals surface area contributed by atoms with Gasteiger partial charge in [0.2, 0.25) is 0 Å². The molecule has 16 heteroatoms. The van der Waals surface area contributed by atoms with Crippen molar-refractivity contribution < 1.29 is 38.1 Å². The molecule has 10 rings (SSSR count). The van der Waals surface area contributed by atoms with E-state index in [4.69, 9.17) is 14.6 Å². The summed E-state index contributed by atoms with van der Waals surface area (Å²) in [6.45, 7) is 0.577. The summed E-state index contributed by atoms with van der Waals surface area (Å²) in [6.07, 6.45) is 1.04. The third-order valence-corrected chi connectivity index (χ3v) is 15.4. The van der Waals surface area contributed by atoms with Crippen molar-refractivity contribution in [1.82, 2.24) is 20.1 Å². The summed E-state index contributed by atoms with van der Waals surface area (Å²) in [5, 5.41) is 22.2. The predicted molar refractivity (Wildman–Crippen MR) is 275 cm³/mol. The summed E-state index contributed by atoms with van der Waals surface area (Å²) in [7, 11) is -1.91. The van der Waals surface area contributed by atoms with E-state index < -0.39 is 63.9 Å². The minimum Gasteiger partial charge on any atom is -0.477 e. The van der Waals surface area contributed by atoms with Gasteiger partial charge in [-0.25, -0.2) is 14.6 Å². The number of nitrogens with one attached hydrogen (secondary N) is 2. The lowest BCUT2D eigenvalue weighted by atomic mass is 9.77. The highest BCUT2D eigenvalue weighted by Crippen LogP contribution is 2.42. The molecular formula is C56H48N6O8S2. The molecule has 3 aliphatic rings. The van der Waals surface area contributed by atoms with E-state index in [9.17, 15) is 28.5 Å². The van der Waals surface area contributed by atoms with Gasteiger partial charge in [0, 0.05) is 35.5 Å². The molecule has 3 N–H and O–H groups in total. The van der Waals surface area contributed by atoms with Crippen LogP contribution in [0.15, 0.2) is 198 Å². The van der Waals surface area contributed by atoms with Crippen molar-refractivity contribution in [3.05, 3.63) is 232 Å². The Morgan fingerprint density at radius 3 is 1.85 bits per heavy atom. The van der Waals surface area contributed by atoms with Crippen LogP contribution in [0, 0.1) is 0 Å². The Morgan fingerprint density at radius 2 is 1.29 bits per heavy atom. The number of ether oxygens (including phenoxy) is 1. The number of nitrogens with zero attached hydrogens (tertiary/aromatic N) is 4. The zero-order valence-corrected chi connectivity index (χ0v) is 40.3. The number of para-hydroxylation sites is 1. The Morgan fingerprint density at radius 1 is 0.764 bits per heavy atom. The molecule has 1 aromatic heterocycles. The average molecular weight is 997 g/mol. The Labute approximate surface area is 422 Å². The first-order valence-corrected chi connectivity index (χ1v) is 25.7. The first-order valence-electron chi connectivity index (χ1n) is 23.4. The van der Waals surface area contributed by atoms with E-state index in [0.717, 1.165) is 51.1 Å². The lowest BCUT2D eigenvalue weighted by Crippen LogP contribution is -2.74. The van der Waals surface area contributed by atoms with Gasteiger partial charge in [-0.2, -0.15) is 0 Å². The Bertz CT molecular complexity index is 3050. The number of benzene rings is 6. The largest absolute Gasteiger partial charge is 0.477 e. The summed E-state index contributed by atoms with van der Waals surface area (Å²) in [5.41, 5.74) is 3.95. The molecule has 6 aromatic carbocycles. The van der Waals surface area contributed by atoms with Gasteiger partial charge >= 0.3 is 12.1 Å². The fraction of sp³-hybridized carbons (Fsp3) is 0.179. The molecule has 0 aliphatic carbocycles. The zero-order chi connectivity index (χ0) is 49.6. The van der Waals surface area contributed by atoms with Gasteiger partial charge in [0.05, 0.1) is 16.6 Å². The van der Waals surface area contributed by atoms with Gasteiger partial charge in [0.1, 0.15) is 35.0 Å². The number of fused-ring (bicyclic) bond motifs is 1. The summed E-state index contributed by atoms with van der Waals surface area (Å²) in [4.78, 5) is 68.1. The number of likely N-dealkylation sites (tertiary alicyclic amines) is 1. The molecule has 0 spiro atoms. The van der Waals surface area contributed by atoms with E-state index in [-0.39, 0.29) is 28.6 Å². The van der Waals surface area contributed by atoms with Crippen LogP contribution in [0.25, 0.3) is 0 Å². The second-order valence-corrected chi connectivity index (χ2v) is 19.8. The van der Waals surface area contributed by atoms with Gasteiger partial charge < -0.3 is 30.2 Å². The molecule has 3 atom stereocenters. The van der Waals surface area contributed by atoms with Crippen molar-refractivity contribution >= 4 is 56.9 Å². The number of carbonyl (C=O) groups excluding carboxylic acids is 3. The third kappa shape index (κ3) is 9.41. The number of thiazole rings is 1. The normalized spacial score (nSPS) is 17.8. The summed E-state index contributed by atoms with van der Waals surface area (Å²) < 4.78 is 19.4. The van der Waals surface area contributed by atoms with Crippen molar-refractivity contribution in [2.24, 2.45) is 5.16 Å². The van der Waals surface area contributed by atoms with Crippen molar-refractivity contribution in [2.75, 3.05) is 30.8 Å². The van der Waals surface area contributed by atoms with Crippen LogP contribution < -0.4 is 15.5 Å². The van der Waals surface area contributed by atoms with Crippen LogP contribution in [0.3, 0.4) is 0 Å². The smallest absolute Gasteiger partial charge is 0.410 e. The number of carboxylic acids is 1. The van der Waals surface area contributed by atoms with Gasteiger partial charge in [0.15, 0.2) is 16.6 Å². The molecule has 0 radical (unpaired) electrons. The molecule has 2 fully saturated rings. The number of amides is 3. The summed E-state index contributed by atoms with van der Waals surface area (Å²) in [5.74, 6) is -3.39. The van der Waals surface area contributed by atoms with Crippen LogP contribution >= 0.6 is 11.3 Å². The van der Waals surface area contributed by atoms with Crippen molar-refractivity contribution in [3.8, 4) is 5.75 Å². The molecule has 3 amide bonds. The van der Waals surface area contributed by atoms with Crippen LogP contribution in [0.5, 0.6) is 5.75 Å². The molecular weight excluding hydrogens is 949 g/mol. The van der Waals surface area contributed by atoms with Crippen LogP contribution in [0.2, 0.25) is 0 Å². The molecule has 4 heterocycles. The second-order valence-electron chi connectivity index (χ2n) is 17.4. The maximum absolute atomic E-state index is 14.9. The van der Waals surface area contributed by atoms with Crippen LogP contribution in [0.4, 0.5) is 9.93 Å². The highest BCUT2D eigenvalue weighted by atomic mass is 32.2. The average Bonchev–Trinajstić information content (AvgIpc) is 4.14. The van der Waals surface area contributed by atoms with Gasteiger partial charge in [-0.3, -0.25) is 18.7 Å². The Kier molecular flexibility index (Phi) is 13.9. The number of aliphatic carboxylic acids is 1. The molecule has 3 aliphatic heterocycles. The van der Waals surface area contributed by atoms with E-state index in [1.165, 1.54) is 16.2 Å². The molecule has 2 saturated heterocycles. The number of hydrogen-bond acceptors (Lipinski definition) is 11. The van der Waals surface area contributed by atoms with E-state index in [0.29, 0.717) is 24.0 Å². The van der Waals surface area contributed by atoms with E-state index in [1.54, 1.807) is 17.5 Å². The van der Waals surface area contributed by atoms with Crippen molar-refractivity contribution in [2.45, 2.75) is 35.7 Å². The van der Waals surface area contributed by atoms with Gasteiger partial charge in [-0.1, -0.05) is 175 Å². The monoisotopic (exact) mass is 996 g/mol. The number of carbonyl (C=O) groups is 4. The fourth-order valence-electron chi connectivity index (χ4n) is 9.64. The maximum Gasteiger partial charge on any atom is 0.410 e. The number of β-lactam (4-membered cyclic amide) rings is 1. The maximum atomic E-state index is 14.9. The summed E-state index contributed by atoms with van der Waals surface area (Å²) in [6, 6.07) is 55.8. The topological polar surface area (TPSA) is 180 Å². The quantitative estimate of drug-likeness (QED) is 0.0368. The lowest BCUT2D eigenvalue weighted by Gasteiger charge is -2.48. The predicted octanol–water partition coefficient (Wildman–Crippen LogP) is 8.50. The van der Waals surface area contributed by atoms with Gasteiger partial charge in [0.25, 0.3) is 11.8 Å². The minimum absolute atomic E-state index is 0.0291. The number of anilines is 1. The molecule has 362 valence electrons. The van der Waals surface area contributed by atoms with Gasteiger partial charge in [-0.05, 0) is 46.7 Å². The highest BCUT2D eigenvalue weighted by Gasteiger charge is 2.57. The highest BCUT2D eigenvalue weighted by molar-refractivity contribution is 7.86. The number of carboxylic acid groups (broad SMARTS) is 1. The standard InChI is InChI=1S/C56H48N6O8S2/c63-50(58-48-51(64)62-49(53(65)66)39(36-72(68)52(48)62)34-69-55(67)61-32-18-19-33-61)47(60-70-45-31-17-16-30-43(45)46(37-20-6-1-7-21-37)38-22-8-2-9-23-38)44-35-71-54(57-44)59-56(40-24-10-3-11-25-40,41-26-12-4-13-27-41)42-28-14-5-15-29-42/h1-17,20-31,35,46,48,52H,18-19,32-34,36H2,(H,57,59)(H,58,63)(H,65,66)/t48?,52-,72?/m0/s1. The molecule has 0 bridgehead atoms. The number of oxime groups is 1. The van der Waals surface area contributed by atoms with E-state index in [1.807, 2.05) is 164 Å². The van der Waals surface area contributed by atoms with E-state index >= 15 is 0 Å². The van der Waals surface area contributed by atoms with Crippen LogP contribution in [-0.4, -0.2) is 90.6 Å². The molecule has 72 heavy (non-hydrogen) atoms. The van der Waals surface area contributed by atoms with Gasteiger partial charge in [-0.15, -0.1) is 11.3 Å². The Hall–Kier alpha value is -8.21. The zero-order valence-electron chi connectivity index (χ0n) is 38.7. The first kappa shape index (κ1) is 47.5. The van der Waals surface area contributed by atoms with Crippen molar-refractivity contribution in [3.63, 3.8) is 0 Å². The number of hydrogen-bond donors (Lipinski definition) is 3. The molecule has 2 unspecified atom stereocenters. The third-order valence-electron chi connectivity index (χ3n) is 13.0. The van der Waals surface area contributed by atoms with Crippen LogP contribution in [0.1, 0.15) is 57.8 Å². The minimum atomic E-state index is -1.91.